The third-order valence-corrected chi connectivity index (χ3v) is 5.73. The van der Waals surface area contributed by atoms with E-state index >= 15 is 0 Å². The highest BCUT2D eigenvalue weighted by molar-refractivity contribution is 5.95. The second-order valence-corrected chi connectivity index (χ2v) is 8.34. The van der Waals surface area contributed by atoms with Gasteiger partial charge in [-0.15, -0.1) is 0 Å². The molecule has 2 aromatic carbocycles. The number of carbonyl (C=O) groups is 1. The maximum absolute atomic E-state index is 13.9. The lowest BCUT2D eigenvalue weighted by atomic mass is 9.85. The van der Waals surface area contributed by atoms with Gasteiger partial charge in [0.05, 0.1) is 5.56 Å². The SMILES string of the molecule is CC1(C)Oc2cc(NC(=O)C(F)(F)F)ccc2C([N+]2([O-])Cc3ccccc3C2)C1O. The summed E-state index contributed by atoms with van der Waals surface area (Å²) in [4.78, 5) is 11.3. The van der Waals surface area contributed by atoms with Crippen molar-refractivity contribution in [3.63, 3.8) is 0 Å². The first-order valence-electron chi connectivity index (χ1n) is 9.44. The fraction of sp³-hybridized carbons (Fsp3) is 0.381. The fourth-order valence-corrected chi connectivity index (χ4v) is 4.25. The molecular formula is C21H21F3N2O4. The molecule has 0 saturated carbocycles. The van der Waals surface area contributed by atoms with Gasteiger partial charge in [0.2, 0.25) is 0 Å². The van der Waals surface area contributed by atoms with Crippen LogP contribution in [0.2, 0.25) is 0 Å². The van der Waals surface area contributed by atoms with E-state index < -0.39 is 34.5 Å². The molecule has 0 spiro atoms. The number of rotatable bonds is 2. The van der Waals surface area contributed by atoms with Crippen molar-refractivity contribution in [1.82, 2.24) is 0 Å². The molecule has 2 aromatic rings. The van der Waals surface area contributed by atoms with Gasteiger partial charge in [0.15, 0.2) is 0 Å². The molecule has 0 aliphatic carbocycles. The summed E-state index contributed by atoms with van der Waals surface area (Å²) in [7, 11) is 0. The Hall–Kier alpha value is -2.62. The van der Waals surface area contributed by atoms with E-state index in [1.807, 2.05) is 24.3 Å². The van der Waals surface area contributed by atoms with Crippen LogP contribution in [0.1, 0.15) is 36.6 Å². The molecule has 6 nitrogen and oxygen atoms in total. The van der Waals surface area contributed by atoms with E-state index in [0.29, 0.717) is 5.56 Å². The lowest BCUT2D eigenvalue weighted by Gasteiger charge is -2.52. The third-order valence-electron chi connectivity index (χ3n) is 5.73. The number of alkyl halides is 3. The predicted molar refractivity (Wildman–Crippen MR) is 102 cm³/mol. The molecule has 30 heavy (non-hydrogen) atoms. The average Bonchev–Trinajstić information content (AvgIpc) is 2.98. The van der Waals surface area contributed by atoms with Crippen LogP contribution in [0, 0.1) is 5.21 Å². The number of ether oxygens (including phenoxy) is 1. The molecule has 0 fully saturated rings. The largest absolute Gasteiger partial charge is 0.632 e. The van der Waals surface area contributed by atoms with E-state index in [9.17, 15) is 28.3 Å². The van der Waals surface area contributed by atoms with Gasteiger partial charge in [0.1, 0.15) is 36.6 Å². The Bertz CT molecular complexity index is 981. The number of carbonyl (C=O) groups excluding carboxylic acids is 1. The summed E-state index contributed by atoms with van der Waals surface area (Å²) >= 11 is 0. The first-order valence-corrected chi connectivity index (χ1v) is 9.44. The average molecular weight is 422 g/mol. The second-order valence-electron chi connectivity index (χ2n) is 8.34. The zero-order valence-electron chi connectivity index (χ0n) is 16.4. The van der Waals surface area contributed by atoms with E-state index in [0.717, 1.165) is 11.1 Å². The van der Waals surface area contributed by atoms with Crippen molar-refractivity contribution in [3.8, 4) is 5.75 Å². The molecule has 2 N–H and O–H groups in total. The van der Waals surface area contributed by atoms with Gasteiger partial charge in [-0.3, -0.25) is 4.79 Å². The molecule has 0 bridgehead atoms. The molecule has 2 aliphatic rings. The first-order chi connectivity index (χ1) is 13.9. The molecule has 0 saturated heterocycles. The van der Waals surface area contributed by atoms with Crippen molar-refractivity contribution in [2.24, 2.45) is 0 Å². The Morgan fingerprint density at radius 2 is 1.80 bits per heavy atom. The molecule has 160 valence electrons. The third kappa shape index (κ3) is 3.42. The number of amides is 1. The Kier molecular flexibility index (Phi) is 4.61. The van der Waals surface area contributed by atoms with Gasteiger partial charge >= 0.3 is 12.1 Å². The van der Waals surface area contributed by atoms with E-state index in [-0.39, 0.29) is 24.5 Å². The van der Waals surface area contributed by atoms with Gasteiger partial charge in [0, 0.05) is 22.9 Å². The Morgan fingerprint density at radius 3 is 2.37 bits per heavy atom. The summed E-state index contributed by atoms with van der Waals surface area (Å²) in [5.74, 6) is -1.93. The van der Waals surface area contributed by atoms with Gasteiger partial charge in [-0.25, -0.2) is 0 Å². The zero-order chi connectivity index (χ0) is 21.9. The maximum Gasteiger partial charge on any atom is 0.471 e. The van der Waals surface area contributed by atoms with Gasteiger partial charge in [0.25, 0.3) is 0 Å². The number of nitrogens with zero attached hydrogens (tertiary/aromatic N) is 1. The molecule has 1 amide bonds. The summed E-state index contributed by atoms with van der Waals surface area (Å²) in [6.07, 6.45) is -6.17. The van der Waals surface area contributed by atoms with Crippen molar-refractivity contribution in [1.29, 1.82) is 0 Å². The number of quaternary nitrogens is 1. The monoisotopic (exact) mass is 422 g/mol. The van der Waals surface area contributed by atoms with Crippen LogP contribution in [0.5, 0.6) is 5.75 Å². The molecule has 0 aromatic heterocycles. The van der Waals surface area contributed by atoms with E-state index in [2.05, 4.69) is 0 Å². The van der Waals surface area contributed by atoms with Crippen molar-refractivity contribution in [3.05, 3.63) is 64.4 Å². The van der Waals surface area contributed by atoms with Crippen LogP contribution in [0.15, 0.2) is 42.5 Å². The number of benzene rings is 2. The Balaban J connectivity index is 1.72. The maximum atomic E-state index is 13.9. The van der Waals surface area contributed by atoms with Crippen LogP contribution in [0.25, 0.3) is 0 Å². The highest BCUT2D eigenvalue weighted by atomic mass is 19.4. The minimum Gasteiger partial charge on any atom is -0.632 e. The van der Waals surface area contributed by atoms with Crippen LogP contribution in [-0.4, -0.2) is 33.5 Å². The molecule has 2 aliphatic heterocycles. The van der Waals surface area contributed by atoms with Crippen LogP contribution in [-0.2, 0) is 17.9 Å². The minimum absolute atomic E-state index is 0.107. The number of nitrogens with one attached hydrogen (secondary N) is 1. The van der Waals surface area contributed by atoms with Gasteiger partial charge in [-0.1, -0.05) is 24.3 Å². The normalized spacial score (nSPS) is 23.8. The highest BCUT2D eigenvalue weighted by Crippen LogP contribution is 2.49. The smallest absolute Gasteiger partial charge is 0.471 e. The fourth-order valence-electron chi connectivity index (χ4n) is 4.25. The predicted octanol–water partition coefficient (Wildman–Crippen LogP) is 3.79. The van der Waals surface area contributed by atoms with Crippen molar-refractivity contribution in [2.45, 2.75) is 50.9 Å². The summed E-state index contributed by atoms with van der Waals surface area (Å²) in [6.45, 7) is 3.56. The number of aliphatic hydroxyl groups is 1. The van der Waals surface area contributed by atoms with Gasteiger partial charge < -0.3 is 25.0 Å². The van der Waals surface area contributed by atoms with Crippen LogP contribution in [0.3, 0.4) is 0 Å². The van der Waals surface area contributed by atoms with E-state index in [1.165, 1.54) is 18.2 Å². The number of hydrogen-bond acceptors (Lipinski definition) is 4. The molecule has 2 atom stereocenters. The number of hydroxylamine groups is 3. The zero-order valence-corrected chi connectivity index (χ0v) is 16.4. The summed E-state index contributed by atoms with van der Waals surface area (Å²) in [5.41, 5.74) is 0.937. The molecular weight excluding hydrogens is 401 g/mol. The Morgan fingerprint density at radius 1 is 1.20 bits per heavy atom. The summed E-state index contributed by atoms with van der Waals surface area (Å²) < 4.78 is 42.8. The van der Waals surface area contributed by atoms with Crippen molar-refractivity contribution in [2.75, 3.05) is 5.32 Å². The summed E-state index contributed by atoms with van der Waals surface area (Å²) in [5, 5.41) is 26.7. The quantitative estimate of drug-likeness (QED) is 0.570. The number of fused-ring (bicyclic) bond motifs is 2. The highest BCUT2D eigenvalue weighted by Gasteiger charge is 2.52. The number of halogens is 3. The second kappa shape index (κ2) is 6.69. The van der Waals surface area contributed by atoms with Crippen LogP contribution in [0.4, 0.5) is 18.9 Å². The molecule has 9 heteroatoms. The summed E-state index contributed by atoms with van der Waals surface area (Å²) in [6, 6.07) is 10.5. The van der Waals surface area contributed by atoms with Crippen LogP contribution >= 0.6 is 0 Å². The standard InChI is InChI=1S/C21H21F3N2O4/c1-20(2)18(27)17(26(29)10-12-5-3-4-6-13(12)11-26)15-8-7-14(9-16(15)30-20)25-19(28)21(22,23)24/h3-9,17-18,27H,10-11H2,1-2H3,(H,25,28). The van der Waals surface area contributed by atoms with E-state index in [1.54, 1.807) is 19.2 Å². The number of hydrogen-bond donors (Lipinski definition) is 2. The lowest BCUT2D eigenvalue weighted by Crippen LogP contribution is -2.57. The Labute approximate surface area is 171 Å². The molecule has 2 unspecified atom stereocenters. The van der Waals surface area contributed by atoms with Crippen molar-refractivity contribution < 1.29 is 32.5 Å². The van der Waals surface area contributed by atoms with Gasteiger partial charge in [-0.2, -0.15) is 13.2 Å². The molecule has 0 radical (unpaired) electrons. The van der Waals surface area contributed by atoms with Gasteiger partial charge in [-0.05, 0) is 26.0 Å². The molecule has 4 rings (SSSR count). The first kappa shape index (κ1) is 20.6. The van der Waals surface area contributed by atoms with Crippen molar-refractivity contribution >= 4 is 11.6 Å². The number of anilines is 1. The topological polar surface area (TPSA) is 81.6 Å². The van der Waals surface area contributed by atoms with E-state index in [4.69, 9.17) is 4.74 Å². The minimum atomic E-state index is -5.03. The lowest BCUT2D eigenvalue weighted by molar-refractivity contribution is -0.935. The van der Waals surface area contributed by atoms with Crippen LogP contribution < -0.4 is 10.1 Å². The molecule has 2 heterocycles. The number of aliphatic hydroxyl groups excluding tert-OH is 1.